The van der Waals surface area contributed by atoms with Crippen LogP contribution in [0.15, 0.2) is 12.2 Å². The van der Waals surface area contributed by atoms with Gasteiger partial charge in [-0.2, -0.15) is 0 Å². The molecule has 0 aromatic carbocycles. The third-order valence-corrected chi connectivity index (χ3v) is 1.08. The molecule has 0 bridgehead atoms. The molecule has 0 N–H and O–H groups in total. The van der Waals surface area contributed by atoms with E-state index in [-0.39, 0.29) is 11.6 Å². The Hall–Kier alpha value is -0.920. The molecular formula is C6H6O2. The first-order valence-corrected chi connectivity index (χ1v) is 2.54. The predicted molar refractivity (Wildman–Crippen MR) is 28.4 cm³/mol. The Morgan fingerprint density at radius 1 is 1.38 bits per heavy atom. The van der Waals surface area contributed by atoms with Gasteiger partial charge in [-0.3, -0.25) is 9.59 Å². The summed E-state index contributed by atoms with van der Waals surface area (Å²) in [7, 11) is 0. The quantitative estimate of drug-likeness (QED) is 0.425. The molecule has 1 rings (SSSR count). The average Bonchev–Trinajstić information content (AvgIpc) is 1.77. The zero-order valence-electron chi connectivity index (χ0n) is 4.39. The highest BCUT2D eigenvalue weighted by atomic mass is 16.2. The predicted octanol–water partition coefficient (Wildman–Crippen LogP) is 0.475. The van der Waals surface area contributed by atoms with Gasteiger partial charge in [0.1, 0.15) is 0 Å². The van der Waals surface area contributed by atoms with Gasteiger partial charge in [0.05, 0.1) is 0 Å². The van der Waals surface area contributed by atoms with Gasteiger partial charge in [-0.15, -0.1) is 0 Å². The van der Waals surface area contributed by atoms with Crippen LogP contribution in [0.1, 0.15) is 12.8 Å². The van der Waals surface area contributed by atoms with Crippen molar-refractivity contribution in [1.82, 2.24) is 0 Å². The van der Waals surface area contributed by atoms with Crippen LogP contribution >= 0.6 is 0 Å². The van der Waals surface area contributed by atoms with Crippen molar-refractivity contribution in [3.8, 4) is 0 Å². The molecule has 0 aliphatic heterocycles. The molecule has 1 aliphatic carbocycles. The molecule has 0 radical (unpaired) electrons. The molecule has 8 heavy (non-hydrogen) atoms. The van der Waals surface area contributed by atoms with Crippen LogP contribution in [0.25, 0.3) is 0 Å². The van der Waals surface area contributed by atoms with Crippen LogP contribution in [-0.2, 0) is 9.59 Å². The number of carbonyl (C=O) groups is 2. The molecule has 0 fully saturated rings. The maximum atomic E-state index is 10.4. The zero-order valence-corrected chi connectivity index (χ0v) is 4.39. The van der Waals surface area contributed by atoms with Gasteiger partial charge in [-0.25, -0.2) is 0 Å². The fourth-order valence-corrected chi connectivity index (χ4v) is 0.621. The van der Waals surface area contributed by atoms with Crippen molar-refractivity contribution in [3.63, 3.8) is 0 Å². The molecule has 0 atom stereocenters. The van der Waals surface area contributed by atoms with Crippen LogP contribution in [0.2, 0.25) is 0 Å². The summed E-state index contributed by atoms with van der Waals surface area (Å²) in [6.45, 7) is 0. The smallest absolute Gasteiger partial charge is 0.221 e. The van der Waals surface area contributed by atoms with E-state index in [2.05, 4.69) is 0 Å². The Bertz CT molecular complexity index is 156. The number of hydrogen-bond acceptors (Lipinski definition) is 2. The number of allylic oxidation sites excluding steroid dienone is 2. The molecule has 0 spiro atoms. The lowest BCUT2D eigenvalue weighted by Gasteiger charge is -1.96. The molecule has 0 saturated carbocycles. The Balaban J connectivity index is 2.75. The standard InChI is InChI=1S/C6H6O2/c7-5-3-1-2-4-6(5)8/h1,3H,2,4H2. The van der Waals surface area contributed by atoms with Crippen molar-refractivity contribution in [3.05, 3.63) is 12.2 Å². The molecule has 2 nitrogen and oxygen atoms in total. The highest BCUT2D eigenvalue weighted by Gasteiger charge is 2.11. The van der Waals surface area contributed by atoms with Crippen molar-refractivity contribution >= 4 is 11.6 Å². The Kier molecular flexibility index (Phi) is 1.24. The minimum atomic E-state index is -0.351. The summed E-state index contributed by atoms with van der Waals surface area (Å²) in [5.74, 6) is -0.608. The maximum Gasteiger partial charge on any atom is 0.221 e. The van der Waals surface area contributed by atoms with E-state index >= 15 is 0 Å². The summed E-state index contributed by atoms with van der Waals surface area (Å²) in [5, 5.41) is 0. The maximum absolute atomic E-state index is 10.4. The van der Waals surface area contributed by atoms with Gasteiger partial charge in [0, 0.05) is 6.42 Å². The minimum Gasteiger partial charge on any atom is -0.291 e. The fourth-order valence-electron chi connectivity index (χ4n) is 0.621. The van der Waals surface area contributed by atoms with Crippen molar-refractivity contribution in [2.75, 3.05) is 0 Å². The summed E-state index contributed by atoms with van der Waals surface area (Å²) >= 11 is 0. The van der Waals surface area contributed by atoms with Gasteiger partial charge in [0.15, 0.2) is 0 Å². The van der Waals surface area contributed by atoms with Crippen LogP contribution < -0.4 is 0 Å². The third kappa shape index (κ3) is 0.832. The zero-order chi connectivity index (χ0) is 5.98. The monoisotopic (exact) mass is 110 g/mol. The first-order chi connectivity index (χ1) is 3.80. The number of Topliss-reactive ketones (excluding diaryl/α,β-unsaturated/α-hetero) is 1. The lowest BCUT2D eigenvalue weighted by Crippen LogP contribution is -2.12. The van der Waals surface area contributed by atoms with Gasteiger partial charge < -0.3 is 0 Å². The lowest BCUT2D eigenvalue weighted by atomic mass is 10.1. The number of ketones is 2. The molecule has 0 saturated heterocycles. The SMILES string of the molecule is O=C1C=CCCC1=O. The average molecular weight is 110 g/mol. The topological polar surface area (TPSA) is 34.1 Å². The molecule has 0 heterocycles. The molecule has 42 valence electrons. The molecule has 0 aromatic rings. The molecule has 2 heteroatoms. The third-order valence-electron chi connectivity index (χ3n) is 1.08. The van der Waals surface area contributed by atoms with E-state index in [4.69, 9.17) is 0 Å². The van der Waals surface area contributed by atoms with E-state index in [1.54, 1.807) is 6.08 Å². The van der Waals surface area contributed by atoms with Crippen LogP contribution in [0.5, 0.6) is 0 Å². The van der Waals surface area contributed by atoms with Crippen LogP contribution in [0, 0.1) is 0 Å². The molecule has 0 amide bonds. The van der Waals surface area contributed by atoms with E-state index in [1.807, 2.05) is 0 Å². The van der Waals surface area contributed by atoms with Gasteiger partial charge in [0.2, 0.25) is 11.6 Å². The summed E-state index contributed by atoms with van der Waals surface area (Å²) < 4.78 is 0. The minimum absolute atomic E-state index is 0.257. The Morgan fingerprint density at radius 3 is 2.50 bits per heavy atom. The summed E-state index contributed by atoms with van der Waals surface area (Å²) in [4.78, 5) is 20.8. The van der Waals surface area contributed by atoms with Crippen LogP contribution in [0.4, 0.5) is 0 Å². The van der Waals surface area contributed by atoms with E-state index in [1.165, 1.54) is 6.08 Å². The molecule has 0 aromatic heterocycles. The molecule has 1 aliphatic rings. The van der Waals surface area contributed by atoms with E-state index in [9.17, 15) is 9.59 Å². The van der Waals surface area contributed by atoms with E-state index < -0.39 is 0 Å². The van der Waals surface area contributed by atoms with Gasteiger partial charge in [-0.05, 0) is 12.5 Å². The van der Waals surface area contributed by atoms with Crippen LogP contribution in [0.3, 0.4) is 0 Å². The molecular weight excluding hydrogens is 104 g/mol. The van der Waals surface area contributed by atoms with Crippen molar-refractivity contribution in [1.29, 1.82) is 0 Å². The highest BCUT2D eigenvalue weighted by Crippen LogP contribution is 2.00. The van der Waals surface area contributed by atoms with Gasteiger partial charge in [0.25, 0.3) is 0 Å². The second kappa shape index (κ2) is 1.90. The Morgan fingerprint density at radius 2 is 2.12 bits per heavy atom. The largest absolute Gasteiger partial charge is 0.291 e. The molecule has 0 unspecified atom stereocenters. The van der Waals surface area contributed by atoms with E-state index in [0.717, 1.165) is 6.42 Å². The number of hydrogen-bond donors (Lipinski definition) is 0. The van der Waals surface area contributed by atoms with Crippen molar-refractivity contribution in [2.24, 2.45) is 0 Å². The van der Waals surface area contributed by atoms with Crippen molar-refractivity contribution in [2.45, 2.75) is 12.8 Å². The summed E-state index contributed by atoms with van der Waals surface area (Å²) in [5.41, 5.74) is 0. The highest BCUT2D eigenvalue weighted by molar-refractivity contribution is 6.42. The second-order valence-electron chi connectivity index (χ2n) is 1.73. The number of rotatable bonds is 0. The normalized spacial score (nSPS) is 19.5. The summed E-state index contributed by atoms with van der Waals surface area (Å²) in [6, 6.07) is 0. The first kappa shape index (κ1) is 5.22. The Labute approximate surface area is 47.2 Å². The summed E-state index contributed by atoms with van der Waals surface area (Å²) in [6.07, 6.45) is 4.19. The number of carbonyl (C=O) groups excluding carboxylic acids is 2. The lowest BCUT2D eigenvalue weighted by molar-refractivity contribution is -0.134. The fraction of sp³-hybridized carbons (Fsp3) is 0.333. The first-order valence-electron chi connectivity index (χ1n) is 2.54. The van der Waals surface area contributed by atoms with Gasteiger partial charge in [-0.1, -0.05) is 6.08 Å². The van der Waals surface area contributed by atoms with Gasteiger partial charge >= 0.3 is 0 Å². The van der Waals surface area contributed by atoms with Crippen LogP contribution in [-0.4, -0.2) is 11.6 Å². The van der Waals surface area contributed by atoms with Crippen molar-refractivity contribution < 1.29 is 9.59 Å². The van der Waals surface area contributed by atoms with E-state index in [0.29, 0.717) is 6.42 Å². The second-order valence-corrected chi connectivity index (χ2v) is 1.73.